The monoisotopic (exact) mass is 346 g/mol. The highest BCUT2D eigenvalue weighted by atomic mass is 16.6. The zero-order valence-electron chi connectivity index (χ0n) is 14.7. The molecule has 9 nitrogen and oxygen atoms in total. The van der Waals surface area contributed by atoms with E-state index >= 15 is 0 Å². The summed E-state index contributed by atoms with van der Waals surface area (Å²) in [6.45, 7) is 8.15. The van der Waals surface area contributed by atoms with E-state index in [0.717, 1.165) is 0 Å². The molecule has 0 spiro atoms. The van der Waals surface area contributed by atoms with Gasteiger partial charge in [-0.15, -0.1) is 0 Å². The number of carbonyl (C=O) groups excluding carboxylic acids is 2. The summed E-state index contributed by atoms with van der Waals surface area (Å²) >= 11 is 0. The van der Waals surface area contributed by atoms with Gasteiger partial charge in [0.25, 0.3) is 11.7 Å². The second-order valence-corrected chi connectivity index (χ2v) is 7.00. The van der Waals surface area contributed by atoms with E-state index in [0.29, 0.717) is 37.5 Å². The summed E-state index contributed by atoms with van der Waals surface area (Å²) < 4.78 is 6.81. The molecule has 0 aromatic carbocycles. The number of rotatable bonds is 3. The first kappa shape index (κ1) is 17.3. The van der Waals surface area contributed by atoms with Crippen molar-refractivity contribution in [1.29, 1.82) is 0 Å². The largest absolute Gasteiger partial charge is 0.459 e. The Morgan fingerprint density at radius 2 is 1.88 bits per heavy atom. The van der Waals surface area contributed by atoms with Crippen LogP contribution in [0.25, 0.3) is 5.78 Å². The standard InChI is InChI=1S/C16H22N6O3/c1-16(2,3)25-13(23)10-20-4-6-21(7-5-20)14(24)12-8-17-15-18-11-19-22(15)9-12/h8-9,11H,4-7,10H2,1-3H3. The van der Waals surface area contributed by atoms with Crippen LogP contribution in [0.1, 0.15) is 31.1 Å². The fourth-order valence-corrected chi connectivity index (χ4v) is 2.68. The van der Waals surface area contributed by atoms with Crippen molar-refractivity contribution < 1.29 is 14.3 Å². The molecule has 2 aromatic heterocycles. The molecule has 2 aromatic rings. The number of hydrogen-bond donors (Lipinski definition) is 0. The predicted octanol–water partition coefficient (Wildman–Crippen LogP) is 0.224. The molecule has 1 fully saturated rings. The molecule has 0 unspecified atom stereocenters. The maximum atomic E-state index is 12.6. The third-order valence-corrected chi connectivity index (χ3v) is 3.81. The Morgan fingerprint density at radius 1 is 1.16 bits per heavy atom. The first-order valence-corrected chi connectivity index (χ1v) is 8.21. The number of amides is 1. The normalized spacial score (nSPS) is 16.2. The summed E-state index contributed by atoms with van der Waals surface area (Å²) in [6, 6.07) is 0. The first-order valence-electron chi connectivity index (χ1n) is 8.21. The SMILES string of the molecule is CC(C)(C)OC(=O)CN1CCN(C(=O)c2cnc3ncnn3c2)CC1. The van der Waals surface area contributed by atoms with Gasteiger partial charge in [-0.3, -0.25) is 14.5 Å². The highest BCUT2D eigenvalue weighted by Gasteiger charge is 2.25. The van der Waals surface area contributed by atoms with Crippen molar-refractivity contribution in [2.45, 2.75) is 26.4 Å². The summed E-state index contributed by atoms with van der Waals surface area (Å²) in [6.07, 6.45) is 4.54. The molecule has 9 heteroatoms. The van der Waals surface area contributed by atoms with E-state index in [9.17, 15) is 9.59 Å². The number of aromatic nitrogens is 4. The van der Waals surface area contributed by atoms with Crippen LogP contribution in [0.15, 0.2) is 18.7 Å². The smallest absolute Gasteiger partial charge is 0.320 e. The molecule has 25 heavy (non-hydrogen) atoms. The lowest BCUT2D eigenvalue weighted by atomic mass is 10.2. The second kappa shape index (κ2) is 6.75. The fraction of sp³-hybridized carbons (Fsp3) is 0.562. The minimum atomic E-state index is -0.484. The Labute approximate surface area is 145 Å². The van der Waals surface area contributed by atoms with Gasteiger partial charge in [0.15, 0.2) is 0 Å². The van der Waals surface area contributed by atoms with E-state index in [1.165, 1.54) is 17.0 Å². The summed E-state index contributed by atoms with van der Waals surface area (Å²) in [5.74, 6) is 0.119. The molecule has 0 saturated carbocycles. The predicted molar refractivity (Wildman–Crippen MR) is 89.0 cm³/mol. The number of hydrogen-bond acceptors (Lipinski definition) is 7. The molecule has 134 valence electrons. The zero-order chi connectivity index (χ0) is 18.0. The summed E-state index contributed by atoms with van der Waals surface area (Å²) in [5.41, 5.74) is -0.0133. The molecule has 1 aliphatic heterocycles. The Balaban J connectivity index is 1.54. The van der Waals surface area contributed by atoms with Gasteiger partial charge in [0.1, 0.15) is 11.9 Å². The molecular weight excluding hydrogens is 324 g/mol. The van der Waals surface area contributed by atoms with Crippen molar-refractivity contribution in [1.82, 2.24) is 29.4 Å². The molecule has 0 N–H and O–H groups in total. The zero-order valence-corrected chi connectivity index (χ0v) is 14.7. The van der Waals surface area contributed by atoms with Gasteiger partial charge in [0.2, 0.25) is 0 Å². The topological polar surface area (TPSA) is 92.9 Å². The van der Waals surface area contributed by atoms with Crippen LogP contribution < -0.4 is 0 Å². The number of nitrogens with zero attached hydrogens (tertiary/aromatic N) is 6. The Hall–Kier alpha value is -2.55. The first-order chi connectivity index (χ1) is 11.8. The van der Waals surface area contributed by atoms with E-state index in [1.54, 1.807) is 11.1 Å². The molecule has 1 aliphatic rings. The summed E-state index contributed by atoms with van der Waals surface area (Å²) in [5, 5.41) is 3.99. The lowest BCUT2D eigenvalue weighted by molar-refractivity contribution is -0.156. The van der Waals surface area contributed by atoms with Crippen LogP contribution in [0.2, 0.25) is 0 Å². The highest BCUT2D eigenvalue weighted by Crippen LogP contribution is 2.11. The van der Waals surface area contributed by atoms with Crippen LogP contribution in [0.5, 0.6) is 0 Å². The molecule has 3 heterocycles. The van der Waals surface area contributed by atoms with Crippen molar-refractivity contribution >= 4 is 17.7 Å². The maximum absolute atomic E-state index is 12.6. The number of ether oxygens (including phenoxy) is 1. The van der Waals surface area contributed by atoms with Crippen molar-refractivity contribution in [2.24, 2.45) is 0 Å². The van der Waals surface area contributed by atoms with Gasteiger partial charge < -0.3 is 9.64 Å². The van der Waals surface area contributed by atoms with Gasteiger partial charge in [-0.1, -0.05) is 0 Å². The number of fused-ring (bicyclic) bond motifs is 1. The lowest BCUT2D eigenvalue weighted by Crippen LogP contribution is -2.50. The molecule has 1 amide bonds. The van der Waals surface area contributed by atoms with E-state index in [-0.39, 0.29) is 18.4 Å². The molecule has 0 radical (unpaired) electrons. The number of piperazine rings is 1. The Kier molecular flexibility index (Phi) is 4.67. The fourth-order valence-electron chi connectivity index (χ4n) is 2.68. The average molecular weight is 346 g/mol. The Bertz CT molecular complexity index is 774. The Morgan fingerprint density at radius 3 is 2.56 bits per heavy atom. The van der Waals surface area contributed by atoms with Gasteiger partial charge in [0, 0.05) is 38.6 Å². The van der Waals surface area contributed by atoms with Gasteiger partial charge in [-0.05, 0) is 20.8 Å². The van der Waals surface area contributed by atoms with Gasteiger partial charge in [-0.2, -0.15) is 10.1 Å². The third-order valence-electron chi connectivity index (χ3n) is 3.81. The van der Waals surface area contributed by atoms with Crippen LogP contribution in [-0.2, 0) is 9.53 Å². The van der Waals surface area contributed by atoms with Crippen LogP contribution in [-0.4, -0.2) is 79.6 Å². The molecular formula is C16H22N6O3. The summed E-state index contributed by atoms with van der Waals surface area (Å²) in [7, 11) is 0. The van der Waals surface area contributed by atoms with E-state index in [2.05, 4.69) is 15.1 Å². The van der Waals surface area contributed by atoms with Crippen LogP contribution in [0, 0.1) is 0 Å². The molecule has 0 bridgehead atoms. The van der Waals surface area contributed by atoms with E-state index < -0.39 is 5.60 Å². The van der Waals surface area contributed by atoms with Gasteiger partial charge in [-0.25, -0.2) is 9.50 Å². The molecule has 3 rings (SSSR count). The lowest BCUT2D eigenvalue weighted by Gasteiger charge is -2.34. The van der Waals surface area contributed by atoms with E-state index in [4.69, 9.17) is 4.74 Å². The summed E-state index contributed by atoms with van der Waals surface area (Å²) in [4.78, 5) is 36.3. The van der Waals surface area contributed by atoms with Crippen molar-refractivity contribution in [3.8, 4) is 0 Å². The number of esters is 1. The van der Waals surface area contributed by atoms with Crippen LogP contribution in [0.3, 0.4) is 0 Å². The highest BCUT2D eigenvalue weighted by molar-refractivity contribution is 5.93. The average Bonchev–Trinajstić information content (AvgIpc) is 3.00. The molecule has 0 aliphatic carbocycles. The minimum absolute atomic E-state index is 0.0955. The third kappa shape index (κ3) is 4.30. The molecule has 0 atom stereocenters. The van der Waals surface area contributed by atoms with Gasteiger partial charge in [0.05, 0.1) is 12.1 Å². The maximum Gasteiger partial charge on any atom is 0.320 e. The van der Waals surface area contributed by atoms with Crippen molar-refractivity contribution in [3.05, 3.63) is 24.3 Å². The second-order valence-electron chi connectivity index (χ2n) is 7.00. The minimum Gasteiger partial charge on any atom is -0.459 e. The van der Waals surface area contributed by atoms with Crippen LogP contribution in [0.4, 0.5) is 0 Å². The van der Waals surface area contributed by atoms with Crippen molar-refractivity contribution in [2.75, 3.05) is 32.7 Å². The quantitative estimate of drug-likeness (QED) is 0.734. The van der Waals surface area contributed by atoms with Crippen LogP contribution >= 0.6 is 0 Å². The van der Waals surface area contributed by atoms with Crippen molar-refractivity contribution in [3.63, 3.8) is 0 Å². The molecule has 1 saturated heterocycles. The van der Waals surface area contributed by atoms with Gasteiger partial charge >= 0.3 is 5.97 Å². The van der Waals surface area contributed by atoms with E-state index in [1.807, 2.05) is 25.7 Å². The number of carbonyl (C=O) groups is 2.